The first-order valence-electron chi connectivity index (χ1n) is 9.37. The Morgan fingerprint density at radius 3 is 2.31 bits per heavy atom. The SMILES string of the molecule is COc1ccc(CN=C(NCC(=O)N(C)C)NCc2ccccc2OC(F)(F)F)cc1.I. The minimum absolute atomic E-state index is 0. The van der Waals surface area contributed by atoms with Crippen LogP contribution in [0.2, 0.25) is 0 Å². The van der Waals surface area contributed by atoms with Gasteiger partial charge >= 0.3 is 6.36 Å². The van der Waals surface area contributed by atoms with Gasteiger partial charge in [0, 0.05) is 26.2 Å². The lowest BCUT2D eigenvalue weighted by Gasteiger charge is -2.17. The van der Waals surface area contributed by atoms with Gasteiger partial charge in [-0.25, -0.2) is 4.99 Å². The van der Waals surface area contributed by atoms with Gasteiger partial charge in [-0.1, -0.05) is 30.3 Å². The van der Waals surface area contributed by atoms with Crippen LogP contribution in [0, 0.1) is 0 Å². The number of likely N-dealkylation sites (N-methyl/N-ethyl adjacent to an activating group) is 1. The quantitative estimate of drug-likeness (QED) is 0.291. The third-order valence-corrected chi connectivity index (χ3v) is 4.13. The van der Waals surface area contributed by atoms with Crippen molar-refractivity contribution in [2.24, 2.45) is 4.99 Å². The summed E-state index contributed by atoms with van der Waals surface area (Å²) in [5, 5.41) is 5.84. The van der Waals surface area contributed by atoms with Crippen LogP contribution in [0.4, 0.5) is 13.2 Å². The molecule has 0 saturated heterocycles. The molecule has 0 heterocycles. The van der Waals surface area contributed by atoms with Crippen molar-refractivity contribution in [3.63, 3.8) is 0 Å². The molecule has 176 valence electrons. The molecule has 2 rings (SSSR count). The standard InChI is InChI=1S/C21H25F3N4O3.HI/c1-28(2)19(29)14-27-20(25-12-15-8-10-17(30-3)11-9-15)26-13-16-6-4-5-7-18(16)31-21(22,23)24;/h4-11H,12-14H2,1-3H3,(H2,25,26,27);1H. The molecule has 0 aliphatic heterocycles. The van der Waals surface area contributed by atoms with Gasteiger partial charge in [0.1, 0.15) is 11.5 Å². The van der Waals surface area contributed by atoms with Crippen LogP contribution in [0.1, 0.15) is 11.1 Å². The molecule has 2 aromatic carbocycles. The number of para-hydroxylation sites is 1. The van der Waals surface area contributed by atoms with Gasteiger partial charge in [-0.3, -0.25) is 4.79 Å². The summed E-state index contributed by atoms with van der Waals surface area (Å²) in [5.41, 5.74) is 1.18. The van der Waals surface area contributed by atoms with E-state index in [4.69, 9.17) is 4.74 Å². The Balaban J connectivity index is 0.00000512. The zero-order valence-corrected chi connectivity index (χ0v) is 20.2. The Kier molecular flexibility index (Phi) is 11.1. The first kappa shape index (κ1) is 27.3. The molecule has 0 atom stereocenters. The summed E-state index contributed by atoms with van der Waals surface area (Å²) in [6.07, 6.45) is -4.79. The summed E-state index contributed by atoms with van der Waals surface area (Å²) in [5.74, 6) is 0.496. The second-order valence-corrected chi connectivity index (χ2v) is 6.66. The number of carbonyl (C=O) groups excluding carboxylic acids is 1. The number of carbonyl (C=O) groups is 1. The maximum absolute atomic E-state index is 12.6. The predicted octanol–water partition coefficient (Wildman–Crippen LogP) is 3.54. The van der Waals surface area contributed by atoms with Crippen LogP contribution < -0.4 is 20.1 Å². The summed E-state index contributed by atoms with van der Waals surface area (Å²) in [7, 11) is 4.81. The summed E-state index contributed by atoms with van der Waals surface area (Å²) < 4.78 is 47.1. The maximum Gasteiger partial charge on any atom is 0.573 e. The van der Waals surface area contributed by atoms with E-state index in [-0.39, 0.29) is 66.8 Å². The van der Waals surface area contributed by atoms with Gasteiger partial charge in [0.15, 0.2) is 5.96 Å². The van der Waals surface area contributed by atoms with Crippen LogP contribution in [-0.4, -0.2) is 50.9 Å². The molecule has 2 N–H and O–H groups in total. The van der Waals surface area contributed by atoms with Gasteiger partial charge in [-0.2, -0.15) is 0 Å². The molecule has 0 bridgehead atoms. The minimum atomic E-state index is -4.79. The smallest absolute Gasteiger partial charge is 0.497 e. The monoisotopic (exact) mass is 566 g/mol. The van der Waals surface area contributed by atoms with Crippen molar-refractivity contribution in [1.29, 1.82) is 0 Å². The fourth-order valence-electron chi connectivity index (χ4n) is 2.45. The molecule has 0 spiro atoms. The number of benzene rings is 2. The number of hydrogen-bond acceptors (Lipinski definition) is 4. The first-order chi connectivity index (χ1) is 14.7. The first-order valence-corrected chi connectivity index (χ1v) is 9.37. The summed E-state index contributed by atoms with van der Waals surface area (Å²) in [6.45, 7) is 0.273. The Morgan fingerprint density at radius 2 is 1.72 bits per heavy atom. The molecule has 11 heteroatoms. The van der Waals surface area contributed by atoms with E-state index >= 15 is 0 Å². The highest BCUT2D eigenvalue weighted by atomic mass is 127. The molecule has 0 fully saturated rings. The molecule has 32 heavy (non-hydrogen) atoms. The molecule has 0 radical (unpaired) electrons. The van der Waals surface area contributed by atoms with Crippen LogP contribution in [-0.2, 0) is 17.9 Å². The number of rotatable bonds is 8. The number of nitrogens with one attached hydrogen (secondary N) is 2. The normalized spacial score (nSPS) is 11.2. The number of nitrogens with zero attached hydrogens (tertiary/aromatic N) is 2. The van der Waals surface area contributed by atoms with Crippen molar-refractivity contribution in [2.45, 2.75) is 19.5 Å². The molecule has 0 aliphatic carbocycles. The van der Waals surface area contributed by atoms with Gasteiger partial charge in [0.25, 0.3) is 0 Å². The van der Waals surface area contributed by atoms with Gasteiger partial charge in [0.2, 0.25) is 5.91 Å². The topological polar surface area (TPSA) is 75.2 Å². The predicted molar refractivity (Wildman–Crippen MR) is 126 cm³/mol. The van der Waals surface area contributed by atoms with Gasteiger partial charge in [-0.05, 0) is 23.8 Å². The Labute approximate surface area is 202 Å². The highest BCUT2D eigenvalue weighted by Gasteiger charge is 2.31. The van der Waals surface area contributed by atoms with Gasteiger partial charge in [-0.15, -0.1) is 37.1 Å². The van der Waals surface area contributed by atoms with Crippen molar-refractivity contribution in [1.82, 2.24) is 15.5 Å². The zero-order chi connectivity index (χ0) is 22.9. The van der Waals surface area contributed by atoms with Crippen LogP contribution in [0.15, 0.2) is 53.5 Å². The average Bonchev–Trinajstić information content (AvgIpc) is 2.73. The molecule has 0 unspecified atom stereocenters. The van der Waals surface area contributed by atoms with Crippen molar-refractivity contribution >= 4 is 35.8 Å². The number of amides is 1. The fourth-order valence-corrected chi connectivity index (χ4v) is 2.45. The van der Waals surface area contributed by atoms with E-state index in [1.165, 1.54) is 23.1 Å². The Morgan fingerprint density at radius 1 is 1.06 bits per heavy atom. The summed E-state index contributed by atoms with van der Waals surface area (Å²) in [4.78, 5) is 17.7. The zero-order valence-electron chi connectivity index (χ0n) is 17.9. The van der Waals surface area contributed by atoms with Crippen molar-refractivity contribution in [3.05, 3.63) is 59.7 Å². The van der Waals surface area contributed by atoms with Crippen LogP contribution in [0.5, 0.6) is 11.5 Å². The average molecular weight is 566 g/mol. The number of hydrogen-bond donors (Lipinski definition) is 2. The second-order valence-electron chi connectivity index (χ2n) is 6.66. The lowest BCUT2D eigenvalue weighted by Crippen LogP contribution is -2.42. The Hall–Kier alpha value is -2.70. The van der Waals surface area contributed by atoms with E-state index < -0.39 is 6.36 Å². The third kappa shape index (κ3) is 9.62. The van der Waals surface area contributed by atoms with Gasteiger partial charge in [0.05, 0.1) is 20.2 Å². The van der Waals surface area contributed by atoms with Crippen molar-refractivity contribution in [2.75, 3.05) is 27.7 Å². The highest BCUT2D eigenvalue weighted by Crippen LogP contribution is 2.26. The number of halogens is 4. The van der Waals surface area contributed by atoms with E-state index in [0.717, 1.165) is 5.56 Å². The molecule has 1 amide bonds. The number of methoxy groups -OCH3 is 1. The number of ether oxygens (including phenoxy) is 2. The molecular weight excluding hydrogens is 540 g/mol. The van der Waals surface area contributed by atoms with E-state index in [1.54, 1.807) is 39.4 Å². The maximum atomic E-state index is 12.6. The summed E-state index contributed by atoms with van der Waals surface area (Å²) in [6, 6.07) is 13.1. The molecule has 0 aliphatic rings. The fraction of sp³-hybridized carbons (Fsp3) is 0.333. The highest BCUT2D eigenvalue weighted by molar-refractivity contribution is 14.0. The van der Waals surface area contributed by atoms with Gasteiger partial charge < -0.3 is 25.0 Å². The summed E-state index contributed by atoms with van der Waals surface area (Å²) >= 11 is 0. The molecule has 7 nitrogen and oxygen atoms in total. The lowest BCUT2D eigenvalue weighted by molar-refractivity contribution is -0.274. The third-order valence-electron chi connectivity index (χ3n) is 4.13. The lowest BCUT2D eigenvalue weighted by atomic mass is 10.2. The van der Waals surface area contributed by atoms with Crippen molar-refractivity contribution < 1.29 is 27.4 Å². The van der Waals surface area contributed by atoms with Crippen LogP contribution in [0.3, 0.4) is 0 Å². The molecule has 2 aromatic rings. The molecule has 0 aromatic heterocycles. The Bertz CT molecular complexity index is 891. The second kappa shape index (κ2) is 13.0. The van der Waals surface area contributed by atoms with E-state index in [9.17, 15) is 18.0 Å². The van der Waals surface area contributed by atoms with E-state index in [2.05, 4.69) is 20.4 Å². The number of alkyl halides is 3. The molecule has 0 saturated carbocycles. The minimum Gasteiger partial charge on any atom is -0.497 e. The van der Waals surface area contributed by atoms with E-state index in [1.807, 2.05) is 12.1 Å². The van der Waals surface area contributed by atoms with E-state index in [0.29, 0.717) is 5.75 Å². The van der Waals surface area contributed by atoms with Crippen LogP contribution >= 0.6 is 24.0 Å². The number of aliphatic imine (C=N–C) groups is 1. The van der Waals surface area contributed by atoms with Crippen molar-refractivity contribution in [3.8, 4) is 11.5 Å². The molecular formula is C21H26F3IN4O3. The number of guanidine groups is 1. The largest absolute Gasteiger partial charge is 0.573 e. The van der Waals surface area contributed by atoms with Crippen LogP contribution in [0.25, 0.3) is 0 Å².